The smallest absolute Gasteiger partial charge is 0.336 e. The van der Waals surface area contributed by atoms with Gasteiger partial charge < -0.3 is 30.9 Å². The minimum atomic E-state index is -1.27. The lowest BCUT2D eigenvalue weighted by Crippen LogP contribution is -2.44. The van der Waals surface area contributed by atoms with Crippen LogP contribution < -0.4 is 21.1 Å². The maximum Gasteiger partial charge on any atom is 0.336 e. The summed E-state index contributed by atoms with van der Waals surface area (Å²) in [5.41, 5.74) is 6.51. The van der Waals surface area contributed by atoms with Gasteiger partial charge in [0.05, 0.1) is 31.9 Å². The molecule has 3 aromatic rings. The van der Waals surface area contributed by atoms with E-state index in [9.17, 15) is 19.5 Å². The van der Waals surface area contributed by atoms with Gasteiger partial charge in [-0.25, -0.2) is 9.78 Å². The number of nitrogens with one attached hydrogen (secondary N) is 3. The SMILES string of the molecule is COc1ccc(-c2ccc(C(=O)NC3COCC3(C)C)cc2C(=O)O)c(C(=O)Nc2ccc(C(=N)N)cc2)n1. The van der Waals surface area contributed by atoms with Crippen molar-refractivity contribution in [2.75, 3.05) is 25.6 Å². The van der Waals surface area contributed by atoms with Crippen LogP contribution in [0.15, 0.2) is 54.6 Å². The number of ether oxygens (including phenoxy) is 2. The number of carboxylic acid groups (broad SMARTS) is 1. The number of nitrogens with two attached hydrogens (primary N) is 1. The molecule has 1 aliphatic rings. The van der Waals surface area contributed by atoms with E-state index in [1.54, 1.807) is 30.3 Å². The molecule has 0 bridgehead atoms. The Morgan fingerprint density at radius 1 is 1.05 bits per heavy atom. The lowest BCUT2D eigenvalue weighted by atomic mass is 9.87. The third kappa shape index (κ3) is 5.88. The Bertz CT molecular complexity index is 1450. The van der Waals surface area contributed by atoms with Crippen molar-refractivity contribution >= 4 is 29.3 Å². The Kier molecular flexibility index (Phi) is 7.63. The zero-order valence-corrected chi connectivity index (χ0v) is 21.7. The standard InChI is InChI=1S/C28H29N5O6/c1-28(2)14-39-13-21(28)32-25(34)16-6-9-18(20(12-16)27(36)37)19-10-11-22(38-3)33-23(19)26(35)31-17-7-4-15(5-8-17)24(29)30/h4-12,21H,13-14H2,1-3H3,(H3,29,30)(H,31,35)(H,32,34)(H,36,37). The minimum Gasteiger partial charge on any atom is -0.481 e. The number of benzene rings is 2. The van der Waals surface area contributed by atoms with Gasteiger partial charge in [-0.2, -0.15) is 0 Å². The third-order valence-electron chi connectivity index (χ3n) is 6.56. The first-order valence-corrected chi connectivity index (χ1v) is 12.1. The zero-order valence-electron chi connectivity index (χ0n) is 21.7. The topological polar surface area (TPSA) is 177 Å². The molecule has 0 spiro atoms. The van der Waals surface area contributed by atoms with Crippen LogP contribution in [-0.4, -0.2) is 60.1 Å². The molecule has 6 N–H and O–H groups in total. The van der Waals surface area contributed by atoms with Crippen molar-refractivity contribution in [3.63, 3.8) is 0 Å². The second kappa shape index (κ2) is 10.9. The number of methoxy groups -OCH3 is 1. The summed E-state index contributed by atoms with van der Waals surface area (Å²) in [6, 6.07) is 13.4. The van der Waals surface area contributed by atoms with Crippen LogP contribution in [0, 0.1) is 10.8 Å². The first kappa shape index (κ1) is 27.3. The molecular formula is C28H29N5O6. The number of hydrogen-bond donors (Lipinski definition) is 5. The van der Waals surface area contributed by atoms with Gasteiger partial charge in [0.2, 0.25) is 5.88 Å². The molecule has 202 valence electrons. The molecule has 1 saturated heterocycles. The average molecular weight is 532 g/mol. The van der Waals surface area contributed by atoms with Gasteiger partial charge in [0.1, 0.15) is 11.5 Å². The molecule has 2 amide bonds. The van der Waals surface area contributed by atoms with Gasteiger partial charge in [-0.1, -0.05) is 19.9 Å². The van der Waals surface area contributed by atoms with E-state index in [1.165, 1.54) is 31.4 Å². The largest absolute Gasteiger partial charge is 0.481 e. The number of anilines is 1. The van der Waals surface area contributed by atoms with Gasteiger partial charge in [0.15, 0.2) is 0 Å². The molecule has 1 aromatic heterocycles. The van der Waals surface area contributed by atoms with Gasteiger partial charge in [-0.15, -0.1) is 0 Å². The van der Waals surface area contributed by atoms with Crippen LogP contribution >= 0.6 is 0 Å². The number of carbonyl (C=O) groups is 3. The second-order valence-electron chi connectivity index (χ2n) is 9.79. The number of aromatic carboxylic acids is 1. The van der Waals surface area contributed by atoms with Gasteiger partial charge >= 0.3 is 5.97 Å². The number of carbonyl (C=O) groups excluding carboxylic acids is 2. The third-order valence-corrected chi connectivity index (χ3v) is 6.56. The van der Waals surface area contributed by atoms with E-state index in [-0.39, 0.29) is 51.1 Å². The van der Waals surface area contributed by atoms with Crippen molar-refractivity contribution in [2.45, 2.75) is 19.9 Å². The maximum atomic E-state index is 13.3. The summed E-state index contributed by atoms with van der Waals surface area (Å²) < 4.78 is 10.7. The highest BCUT2D eigenvalue weighted by Crippen LogP contribution is 2.31. The predicted octanol–water partition coefficient (Wildman–Crippen LogP) is 3.15. The molecule has 1 unspecified atom stereocenters. The Balaban J connectivity index is 1.68. The van der Waals surface area contributed by atoms with E-state index in [2.05, 4.69) is 15.6 Å². The quantitative estimate of drug-likeness (QED) is 0.217. The molecule has 1 aliphatic heterocycles. The van der Waals surface area contributed by atoms with E-state index in [0.29, 0.717) is 24.5 Å². The van der Waals surface area contributed by atoms with Crippen LogP contribution in [-0.2, 0) is 4.74 Å². The van der Waals surface area contributed by atoms with Crippen LogP contribution in [0.4, 0.5) is 5.69 Å². The summed E-state index contributed by atoms with van der Waals surface area (Å²) in [6.45, 7) is 4.85. The number of nitrogen functional groups attached to an aromatic ring is 1. The molecule has 1 atom stereocenters. The maximum absolute atomic E-state index is 13.3. The number of carboxylic acids is 1. The zero-order chi connectivity index (χ0) is 28.3. The van der Waals surface area contributed by atoms with Crippen molar-refractivity contribution in [1.29, 1.82) is 5.41 Å². The molecule has 11 nitrogen and oxygen atoms in total. The fourth-order valence-electron chi connectivity index (χ4n) is 4.21. The normalized spacial score (nSPS) is 15.8. The molecule has 2 heterocycles. The number of pyridine rings is 1. The Hall–Kier alpha value is -4.77. The first-order chi connectivity index (χ1) is 18.5. The van der Waals surface area contributed by atoms with Crippen LogP contribution in [0.5, 0.6) is 5.88 Å². The summed E-state index contributed by atoms with van der Waals surface area (Å²) in [4.78, 5) is 42.8. The highest BCUT2D eigenvalue weighted by atomic mass is 16.5. The Labute approximate surface area is 224 Å². The molecule has 2 aromatic carbocycles. The summed E-state index contributed by atoms with van der Waals surface area (Å²) >= 11 is 0. The van der Waals surface area contributed by atoms with E-state index < -0.39 is 17.8 Å². The fraction of sp³-hybridized carbons (Fsp3) is 0.250. The summed E-state index contributed by atoms with van der Waals surface area (Å²) in [5, 5.41) is 23.2. The Morgan fingerprint density at radius 2 is 1.72 bits per heavy atom. The van der Waals surface area contributed by atoms with E-state index in [0.717, 1.165) is 0 Å². The van der Waals surface area contributed by atoms with Crippen LogP contribution in [0.3, 0.4) is 0 Å². The molecular weight excluding hydrogens is 502 g/mol. The van der Waals surface area contributed by atoms with E-state index in [4.69, 9.17) is 20.6 Å². The lowest BCUT2D eigenvalue weighted by molar-refractivity contribution is 0.0697. The van der Waals surface area contributed by atoms with Crippen LogP contribution in [0.25, 0.3) is 11.1 Å². The van der Waals surface area contributed by atoms with E-state index >= 15 is 0 Å². The molecule has 0 radical (unpaired) electrons. The van der Waals surface area contributed by atoms with Crippen molar-refractivity contribution in [3.8, 4) is 17.0 Å². The summed E-state index contributed by atoms with van der Waals surface area (Å²) in [5.74, 6) is -2.26. The van der Waals surface area contributed by atoms with Crippen molar-refractivity contribution in [1.82, 2.24) is 10.3 Å². The summed E-state index contributed by atoms with van der Waals surface area (Å²) in [6.07, 6.45) is 0. The van der Waals surface area contributed by atoms with Gasteiger partial charge in [0, 0.05) is 33.9 Å². The Morgan fingerprint density at radius 3 is 2.31 bits per heavy atom. The van der Waals surface area contributed by atoms with Crippen molar-refractivity contribution in [3.05, 3.63) is 77.0 Å². The van der Waals surface area contributed by atoms with E-state index in [1.807, 2.05) is 13.8 Å². The van der Waals surface area contributed by atoms with Crippen LogP contribution in [0.2, 0.25) is 0 Å². The minimum absolute atomic E-state index is 0.0745. The first-order valence-electron chi connectivity index (χ1n) is 12.1. The second-order valence-corrected chi connectivity index (χ2v) is 9.79. The number of amides is 2. The number of rotatable bonds is 8. The molecule has 39 heavy (non-hydrogen) atoms. The fourth-order valence-corrected chi connectivity index (χ4v) is 4.21. The average Bonchev–Trinajstić information content (AvgIpc) is 3.25. The number of amidine groups is 1. The number of nitrogens with zero attached hydrogens (tertiary/aromatic N) is 1. The molecule has 1 fully saturated rings. The molecule has 0 aliphatic carbocycles. The highest BCUT2D eigenvalue weighted by molar-refractivity contribution is 6.10. The van der Waals surface area contributed by atoms with Crippen molar-refractivity contribution in [2.24, 2.45) is 11.1 Å². The molecule has 0 saturated carbocycles. The van der Waals surface area contributed by atoms with Crippen LogP contribution in [0.1, 0.15) is 50.6 Å². The predicted molar refractivity (Wildman–Crippen MR) is 144 cm³/mol. The lowest BCUT2D eigenvalue weighted by Gasteiger charge is -2.25. The summed E-state index contributed by atoms with van der Waals surface area (Å²) in [7, 11) is 1.40. The monoisotopic (exact) mass is 531 g/mol. The number of hydrogen-bond acceptors (Lipinski definition) is 7. The number of aromatic nitrogens is 1. The van der Waals surface area contributed by atoms with Gasteiger partial charge in [-0.3, -0.25) is 15.0 Å². The van der Waals surface area contributed by atoms with Crippen molar-refractivity contribution < 1.29 is 29.0 Å². The highest BCUT2D eigenvalue weighted by Gasteiger charge is 2.37. The molecule has 4 rings (SSSR count). The van der Waals surface area contributed by atoms with Gasteiger partial charge in [-0.05, 0) is 48.0 Å². The molecule has 11 heteroatoms. The van der Waals surface area contributed by atoms with Gasteiger partial charge in [0.25, 0.3) is 11.8 Å².